The molecule has 0 aliphatic heterocycles. The zero-order valence-corrected chi connectivity index (χ0v) is 9.18. The number of aryl methyl sites for hydroxylation is 1. The molecule has 1 saturated carbocycles. The van der Waals surface area contributed by atoms with Crippen molar-refractivity contribution in [2.75, 3.05) is 0 Å². The first kappa shape index (κ1) is 7.81. The van der Waals surface area contributed by atoms with Gasteiger partial charge < -0.3 is 0 Å². The van der Waals surface area contributed by atoms with Crippen LogP contribution < -0.4 is 0 Å². The molecule has 1 aliphatic carbocycles. The quantitative estimate of drug-likeness (QED) is 0.685. The second kappa shape index (κ2) is 2.60. The summed E-state index contributed by atoms with van der Waals surface area (Å²) in [6, 6.07) is 0. The standard InChI is InChI=1S/C9H11BrS/c1-5-6(2)11-9(8(5)10)7-3-4-7/h7H,3-4H2,1-2H3. The average molecular weight is 231 g/mol. The minimum atomic E-state index is 0.891. The highest BCUT2D eigenvalue weighted by Crippen LogP contribution is 2.48. The van der Waals surface area contributed by atoms with Crippen molar-refractivity contribution in [2.45, 2.75) is 32.6 Å². The molecule has 0 nitrogen and oxygen atoms in total. The largest absolute Gasteiger partial charge is 0.144 e. The summed E-state index contributed by atoms with van der Waals surface area (Å²) in [6.45, 7) is 4.40. The van der Waals surface area contributed by atoms with Crippen LogP contribution in [0.5, 0.6) is 0 Å². The number of hydrogen-bond acceptors (Lipinski definition) is 1. The number of halogens is 1. The van der Waals surface area contributed by atoms with Gasteiger partial charge in [0.25, 0.3) is 0 Å². The van der Waals surface area contributed by atoms with Crippen LogP contribution in [0.15, 0.2) is 4.47 Å². The van der Waals surface area contributed by atoms with Gasteiger partial charge in [-0.1, -0.05) is 0 Å². The molecule has 11 heavy (non-hydrogen) atoms. The summed E-state index contributed by atoms with van der Waals surface area (Å²) in [5.74, 6) is 0.891. The molecular weight excluding hydrogens is 220 g/mol. The van der Waals surface area contributed by atoms with E-state index < -0.39 is 0 Å². The highest BCUT2D eigenvalue weighted by atomic mass is 79.9. The molecule has 60 valence electrons. The Kier molecular flexibility index (Phi) is 1.84. The summed E-state index contributed by atoms with van der Waals surface area (Å²) in [4.78, 5) is 3.05. The summed E-state index contributed by atoms with van der Waals surface area (Å²) < 4.78 is 1.38. The van der Waals surface area contributed by atoms with E-state index in [1.165, 1.54) is 27.8 Å². The van der Waals surface area contributed by atoms with Crippen LogP contribution >= 0.6 is 27.3 Å². The zero-order chi connectivity index (χ0) is 8.01. The van der Waals surface area contributed by atoms with Gasteiger partial charge in [-0.3, -0.25) is 0 Å². The van der Waals surface area contributed by atoms with Crippen LogP contribution in [0.3, 0.4) is 0 Å². The summed E-state index contributed by atoms with van der Waals surface area (Å²) in [5.41, 5.74) is 1.44. The van der Waals surface area contributed by atoms with Crippen LogP contribution in [-0.2, 0) is 0 Å². The third-order valence-corrected chi connectivity index (χ3v) is 4.94. The molecule has 0 amide bonds. The van der Waals surface area contributed by atoms with Gasteiger partial charge >= 0.3 is 0 Å². The van der Waals surface area contributed by atoms with Gasteiger partial charge in [0.1, 0.15) is 0 Å². The molecule has 0 radical (unpaired) electrons. The summed E-state index contributed by atoms with van der Waals surface area (Å²) in [7, 11) is 0. The van der Waals surface area contributed by atoms with E-state index in [4.69, 9.17) is 0 Å². The van der Waals surface area contributed by atoms with Crippen molar-refractivity contribution in [3.63, 3.8) is 0 Å². The van der Waals surface area contributed by atoms with Crippen LogP contribution in [0, 0.1) is 13.8 Å². The molecule has 1 heterocycles. The van der Waals surface area contributed by atoms with Gasteiger partial charge in [0.2, 0.25) is 0 Å². The summed E-state index contributed by atoms with van der Waals surface area (Å²) in [5, 5.41) is 0. The van der Waals surface area contributed by atoms with E-state index in [1.54, 1.807) is 4.88 Å². The van der Waals surface area contributed by atoms with Gasteiger partial charge in [0.05, 0.1) is 0 Å². The Morgan fingerprint density at radius 3 is 2.36 bits per heavy atom. The minimum Gasteiger partial charge on any atom is -0.144 e. The van der Waals surface area contributed by atoms with E-state index in [0.29, 0.717) is 0 Å². The van der Waals surface area contributed by atoms with Crippen molar-refractivity contribution >= 4 is 27.3 Å². The van der Waals surface area contributed by atoms with E-state index in [0.717, 1.165) is 5.92 Å². The molecule has 0 aromatic carbocycles. The normalized spacial score (nSPS) is 17.4. The summed E-state index contributed by atoms with van der Waals surface area (Å²) in [6.07, 6.45) is 2.80. The van der Waals surface area contributed by atoms with Gasteiger partial charge in [0, 0.05) is 14.2 Å². The van der Waals surface area contributed by atoms with Crippen LogP contribution in [0.1, 0.15) is 34.1 Å². The number of thiophene rings is 1. The van der Waals surface area contributed by atoms with E-state index in [2.05, 4.69) is 29.8 Å². The predicted octanol–water partition coefficient (Wildman–Crippen LogP) is 4.00. The molecule has 1 aliphatic rings. The first-order chi connectivity index (χ1) is 5.20. The predicted molar refractivity (Wildman–Crippen MR) is 53.5 cm³/mol. The molecule has 2 rings (SSSR count). The van der Waals surface area contributed by atoms with Crippen molar-refractivity contribution in [3.05, 3.63) is 19.8 Å². The van der Waals surface area contributed by atoms with Crippen molar-refractivity contribution in [1.82, 2.24) is 0 Å². The Balaban J connectivity index is 2.46. The third-order valence-electron chi connectivity index (χ3n) is 2.28. The van der Waals surface area contributed by atoms with E-state index in [9.17, 15) is 0 Å². The second-order valence-corrected chi connectivity index (χ2v) is 5.29. The Bertz CT molecular complexity index is 284. The molecule has 0 N–H and O–H groups in total. The fourth-order valence-electron chi connectivity index (χ4n) is 1.23. The fourth-order valence-corrected chi connectivity index (χ4v) is 3.46. The molecule has 0 saturated heterocycles. The molecule has 1 aromatic rings. The maximum Gasteiger partial charge on any atom is 0.0349 e. The summed E-state index contributed by atoms with van der Waals surface area (Å²) >= 11 is 5.62. The van der Waals surface area contributed by atoms with Crippen LogP contribution in [-0.4, -0.2) is 0 Å². The van der Waals surface area contributed by atoms with Crippen molar-refractivity contribution in [2.24, 2.45) is 0 Å². The maximum atomic E-state index is 3.65. The molecule has 0 atom stereocenters. The zero-order valence-electron chi connectivity index (χ0n) is 6.78. The van der Waals surface area contributed by atoms with E-state index in [-0.39, 0.29) is 0 Å². The van der Waals surface area contributed by atoms with E-state index in [1.807, 2.05) is 11.3 Å². The fraction of sp³-hybridized carbons (Fsp3) is 0.556. The lowest BCUT2D eigenvalue weighted by molar-refractivity contribution is 1.16. The van der Waals surface area contributed by atoms with Gasteiger partial charge in [-0.25, -0.2) is 0 Å². The Morgan fingerprint density at radius 1 is 1.36 bits per heavy atom. The van der Waals surface area contributed by atoms with Crippen LogP contribution in [0.25, 0.3) is 0 Å². The molecule has 0 unspecified atom stereocenters. The van der Waals surface area contributed by atoms with Gasteiger partial charge in [-0.15, -0.1) is 11.3 Å². The highest BCUT2D eigenvalue weighted by molar-refractivity contribution is 9.10. The smallest absolute Gasteiger partial charge is 0.0349 e. The molecule has 1 aromatic heterocycles. The van der Waals surface area contributed by atoms with Crippen LogP contribution in [0.2, 0.25) is 0 Å². The minimum absolute atomic E-state index is 0.891. The Hall–Kier alpha value is 0.180. The van der Waals surface area contributed by atoms with Gasteiger partial charge in [-0.2, -0.15) is 0 Å². The molecule has 2 heteroatoms. The van der Waals surface area contributed by atoms with Crippen molar-refractivity contribution < 1.29 is 0 Å². The number of hydrogen-bond donors (Lipinski definition) is 0. The average Bonchev–Trinajstić information content (AvgIpc) is 2.76. The molecule has 1 fully saturated rings. The van der Waals surface area contributed by atoms with Crippen molar-refractivity contribution in [1.29, 1.82) is 0 Å². The number of rotatable bonds is 1. The topological polar surface area (TPSA) is 0 Å². The lowest BCUT2D eigenvalue weighted by atomic mass is 10.2. The SMILES string of the molecule is Cc1sc(C2CC2)c(Br)c1C. The lowest BCUT2D eigenvalue weighted by Gasteiger charge is -1.91. The Labute approximate surface area is 79.8 Å². The van der Waals surface area contributed by atoms with Gasteiger partial charge in [-0.05, 0) is 54.1 Å². The van der Waals surface area contributed by atoms with Gasteiger partial charge in [0.15, 0.2) is 0 Å². The van der Waals surface area contributed by atoms with E-state index >= 15 is 0 Å². The lowest BCUT2D eigenvalue weighted by Crippen LogP contribution is -1.72. The Morgan fingerprint density at radius 2 is 2.00 bits per heavy atom. The monoisotopic (exact) mass is 230 g/mol. The van der Waals surface area contributed by atoms with Crippen LogP contribution in [0.4, 0.5) is 0 Å². The second-order valence-electron chi connectivity index (χ2n) is 3.24. The van der Waals surface area contributed by atoms with Crippen molar-refractivity contribution in [3.8, 4) is 0 Å². The highest BCUT2D eigenvalue weighted by Gasteiger charge is 2.28. The maximum absolute atomic E-state index is 3.65. The molecule has 0 bridgehead atoms. The third kappa shape index (κ3) is 1.27. The first-order valence-corrected chi connectivity index (χ1v) is 5.56. The first-order valence-electron chi connectivity index (χ1n) is 3.95. The molecular formula is C9H11BrS. The molecule has 0 spiro atoms.